The first-order valence-corrected chi connectivity index (χ1v) is 20.7. The monoisotopic (exact) mass is 673 g/mol. The van der Waals surface area contributed by atoms with Gasteiger partial charge in [0.05, 0.1) is 13.2 Å². The van der Waals surface area contributed by atoms with Crippen LogP contribution in [0.4, 0.5) is 0 Å². The second kappa shape index (κ2) is 41.5. The van der Waals surface area contributed by atoms with E-state index in [0.717, 1.165) is 44.9 Å². The molecule has 0 spiro atoms. The Morgan fingerprint density at radius 2 is 0.938 bits per heavy atom. The fourth-order valence-corrected chi connectivity index (χ4v) is 5.85. The summed E-state index contributed by atoms with van der Waals surface area (Å²) in [6.45, 7) is 5.23. The van der Waals surface area contributed by atoms with Crippen molar-refractivity contribution in [3.63, 3.8) is 0 Å². The second-order valence-electron chi connectivity index (χ2n) is 13.7. The molecule has 0 saturated carbocycles. The highest BCUT2D eigenvalue weighted by Crippen LogP contribution is 2.14. The summed E-state index contributed by atoms with van der Waals surface area (Å²) >= 11 is 0. The Kier molecular flexibility index (Phi) is 40.1. The summed E-state index contributed by atoms with van der Waals surface area (Å²) in [5.41, 5.74) is 0. The maximum Gasteiger partial charge on any atom is 0.306 e. The van der Waals surface area contributed by atoms with Crippen molar-refractivity contribution in [3.8, 4) is 0 Å². The van der Waals surface area contributed by atoms with Crippen LogP contribution in [-0.2, 0) is 14.3 Å². The van der Waals surface area contributed by atoms with Gasteiger partial charge in [-0.25, -0.2) is 0 Å². The Labute approximate surface area is 299 Å². The topological polar surface area (TPSA) is 55.8 Å². The molecule has 0 bridgehead atoms. The molecule has 0 rings (SSSR count). The van der Waals surface area contributed by atoms with Crippen LogP contribution < -0.4 is 0 Å². The van der Waals surface area contributed by atoms with E-state index >= 15 is 0 Å². The van der Waals surface area contributed by atoms with E-state index in [1.165, 1.54) is 135 Å². The minimum Gasteiger partial charge on any atom is -0.457 e. The Bertz CT molecular complexity index is 753. The summed E-state index contributed by atoms with van der Waals surface area (Å²) in [4.78, 5) is 12.1. The quantitative estimate of drug-likeness (QED) is 0.0403. The predicted molar refractivity (Wildman–Crippen MR) is 210 cm³/mol. The number of rotatable bonds is 38. The molecular weight excluding hydrogens is 592 g/mol. The third-order valence-electron chi connectivity index (χ3n) is 8.92. The number of carbonyl (C=O) groups excluding carboxylic acids is 1. The first kappa shape index (κ1) is 46.4. The molecule has 1 N–H and O–H groups in total. The van der Waals surface area contributed by atoms with Gasteiger partial charge in [-0.15, -0.1) is 0 Å². The zero-order chi connectivity index (χ0) is 34.9. The fourth-order valence-electron chi connectivity index (χ4n) is 5.85. The van der Waals surface area contributed by atoms with Crippen molar-refractivity contribution < 1.29 is 19.4 Å². The summed E-state index contributed by atoms with van der Waals surface area (Å²) in [5.74, 6) is -0.203. The molecule has 1 unspecified atom stereocenters. The Balaban J connectivity index is 3.39. The SMILES string of the molecule is CC/C=C\C/C=C\C/C=C\C/C=C\CCCCCCCCCCCCCCCOCC(CO)OC(=O)CCCCCCCCCCCC. The Morgan fingerprint density at radius 3 is 1.42 bits per heavy atom. The lowest BCUT2D eigenvalue weighted by Gasteiger charge is -2.16. The van der Waals surface area contributed by atoms with E-state index < -0.39 is 6.10 Å². The van der Waals surface area contributed by atoms with Gasteiger partial charge in [0.2, 0.25) is 0 Å². The molecule has 0 aromatic carbocycles. The zero-order valence-corrected chi connectivity index (χ0v) is 32.0. The molecule has 0 heterocycles. The van der Waals surface area contributed by atoms with Crippen LogP contribution in [0.25, 0.3) is 0 Å². The predicted octanol–water partition coefficient (Wildman–Crippen LogP) is 13.5. The highest BCUT2D eigenvalue weighted by atomic mass is 16.6. The van der Waals surface area contributed by atoms with E-state index in [1.807, 2.05) is 0 Å². The zero-order valence-electron chi connectivity index (χ0n) is 32.0. The van der Waals surface area contributed by atoms with Gasteiger partial charge in [-0.3, -0.25) is 4.79 Å². The summed E-state index contributed by atoms with van der Waals surface area (Å²) in [7, 11) is 0. The third-order valence-corrected chi connectivity index (χ3v) is 8.92. The number of hydrogen-bond donors (Lipinski definition) is 1. The van der Waals surface area contributed by atoms with Gasteiger partial charge < -0.3 is 14.6 Å². The van der Waals surface area contributed by atoms with Gasteiger partial charge in [0.25, 0.3) is 0 Å². The van der Waals surface area contributed by atoms with Crippen molar-refractivity contribution in [2.75, 3.05) is 19.8 Å². The number of ether oxygens (including phenoxy) is 2. The average Bonchev–Trinajstić information content (AvgIpc) is 3.09. The number of unbranched alkanes of at least 4 members (excludes halogenated alkanes) is 22. The number of carbonyl (C=O) groups is 1. The van der Waals surface area contributed by atoms with Crippen LogP contribution in [0.5, 0.6) is 0 Å². The lowest BCUT2D eigenvalue weighted by Crippen LogP contribution is -2.27. The molecule has 0 amide bonds. The molecule has 1 atom stereocenters. The fraction of sp³-hybridized carbons (Fsp3) is 0.795. The molecule has 0 fully saturated rings. The van der Waals surface area contributed by atoms with Gasteiger partial charge in [0, 0.05) is 13.0 Å². The van der Waals surface area contributed by atoms with Crippen LogP contribution in [0.3, 0.4) is 0 Å². The number of aliphatic hydroxyl groups excluding tert-OH is 1. The van der Waals surface area contributed by atoms with Crippen LogP contribution in [0.1, 0.15) is 200 Å². The summed E-state index contributed by atoms with van der Waals surface area (Å²) in [5, 5.41) is 9.56. The molecule has 0 radical (unpaired) electrons. The Hall–Kier alpha value is -1.65. The Morgan fingerprint density at radius 1 is 0.521 bits per heavy atom. The van der Waals surface area contributed by atoms with Crippen molar-refractivity contribution in [1.29, 1.82) is 0 Å². The normalized spacial score (nSPS) is 12.8. The van der Waals surface area contributed by atoms with Gasteiger partial charge in [-0.1, -0.05) is 191 Å². The molecule has 0 aliphatic rings. The first-order valence-electron chi connectivity index (χ1n) is 20.7. The van der Waals surface area contributed by atoms with E-state index in [-0.39, 0.29) is 12.6 Å². The van der Waals surface area contributed by atoms with Gasteiger partial charge in [0.1, 0.15) is 6.10 Å². The molecule has 48 heavy (non-hydrogen) atoms. The maximum atomic E-state index is 12.1. The van der Waals surface area contributed by atoms with E-state index in [4.69, 9.17) is 9.47 Å². The van der Waals surface area contributed by atoms with Gasteiger partial charge in [0.15, 0.2) is 0 Å². The third kappa shape index (κ3) is 38.8. The maximum absolute atomic E-state index is 12.1. The van der Waals surface area contributed by atoms with Crippen LogP contribution in [0.15, 0.2) is 48.6 Å². The first-order chi connectivity index (χ1) is 23.7. The molecule has 280 valence electrons. The molecule has 0 aromatic heterocycles. The van der Waals surface area contributed by atoms with E-state index in [0.29, 0.717) is 19.6 Å². The highest BCUT2D eigenvalue weighted by molar-refractivity contribution is 5.69. The molecule has 4 nitrogen and oxygen atoms in total. The van der Waals surface area contributed by atoms with Gasteiger partial charge in [-0.2, -0.15) is 0 Å². The van der Waals surface area contributed by atoms with Crippen LogP contribution >= 0.6 is 0 Å². The minimum atomic E-state index is -0.531. The van der Waals surface area contributed by atoms with Crippen molar-refractivity contribution in [3.05, 3.63) is 48.6 Å². The summed E-state index contributed by atoms with van der Waals surface area (Å²) < 4.78 is 11.1. The van der Waals surface area contributed by atoms with Crippen LogP contribution in [-0.4, -0.2) is 37.0 Å². The summed E-state index contributed by atoms with van der Waals surface area (Å²) in [6.07, 6.45) is 53.2. The van der Waals surface area contributed by atoms with Crippen molar-refractivity contribution >= 4 is 5.97 Å². The van der Waals surface area contributed by atoms with Crippen LogP contribution in [0.2, 0.25) is 0 Å². The molecule has 0 saturated heterocycles. The number of hydrogen-bond acceptors (Lipinski definition) is 4. The average molecular weight is 673 g/mol. The number of esters is 1. The molecule has 0 aliphatic carbocycles. The lowest BCUT2D eigenvalue weighted by molar-refractivity contribution is -0.154. The van der Waals surface area contributed by atoms with Crippen molar-refractivity contribution in [1.82, 2.24) is 0 Å². The van der Waals surface area contributed by atoms with E-state index in [2.05, 4.69) is 62.5 Å². The van der Waals surface area contributed by atoms with E-state index in [1.54, 1.807) is 0 Å². The number of aliphatic hydroxyl groups is 1. The summed E-state index contributed by atoms with van der Waals surface area (Å²) in [6, 6.07) is 0. The number of allylic oxidation sites excluding steroid dienone is 8. The smallest absolute Gasteiger partial charge is 0.306 e. The van der Waals surface area contributed by atoms with Gasteiger partial charge in [-0.05, 0) is 51.4 Å². The second-order valence-corrected chi connectivity index (χ2v) is 13.7. The molecule has 4 heteroatoms. The largest absolute Gasteiger partial charge is 0.457 e. The van der Waals surface area contributed by atoms with Gasteiger partial charge >= 0.3 is 5.97 Å². The minimum absolute atomic E-state index is 0.170. The standard InChI is InChI=1S/C44H80O4/c1-3-5-7-9-11-13-15-16-17-18-19-20-21-22-23-24-25-26-27-28-29-30-32-34-36-38-40-47-42-43(41-45)48-44(46)39-37-35-33-31-14-12-10-8-6-4-2/h5,7,11,13,16-17,19-20,43,45H,3-4,6,8-10,12,14-15,18,21-42H2,1-2H3/b7-5-,13-11-,17-16-,20-19-. The van der Waals surface area contributed by atoms with Crippen molar-refractivity contribution in [2.24, 2.45) is 0 Å². The van der Waals surface area contributed by atoms with Crippen molar-refractivity contribution in [2.45, 2.75) is 206 Å². The van der Waals surface area contributed by atoms with E-state index in [9.17, 15) is 9.90 Å². The lowest BCUT2D eigenvalue weighted by atomic mass is 10.0. The molecular formula is C44H80O4. The molecule has 0 aliphatic heterocycles. The highest BCUT2D eigenvalue weighted by Gasteiger charge is 2.13. The molecule has 0 aromatic rings. The van der Waals surface area contributed by atoms with Crippen LogP contribution in [0, 0.1) is 0 Å².